The third-order valence-electron chi connectivity index (χ3n) is 6.76. The number of carbonyl (C=O) groups excluding carboxylic acids is 1. The van der Waals surface area contributed by atoms with Crippen LogP contribution in [0.25, 0.3) is 5.52 Å². The zero-order valence-electron chi connectivity index (χ0n) is 19.7. The van der Waals surface area contributed by atoms with Crippen molar-refractivity contribution in [3.05, 3.63) is 54.9 Å². The topological polar surface area (TPSA) is 91.6 Å². The summed E-state index contributed by atoms with van der Waals surface area (Å²) in [5, 5.41) is 3.15. The van der Waals surface area contributed by atoms with Gasteiger partial charge in [0.2, 0.25) is 17.8 Å². The second-order valence-corrected chi connectivity index (χ2v) is 9.10. The second kappa shape index (κ2) is 9.75. The molecule has 5 rings (SSSR count). The van der Waals surface area contributed by atoms with Crippen LogP contribution < -0.4 is 10.2 Å². The Bertz CT molecular complexity index is 1240. The van der Waals surface area contributed by atoms with E-state index >= 15 is 0 Å². The normalized spacial score (nSPS) is 21.0. The molecule has 36 heavy (non-hydrogen) atoms. The van der Waals surface area contributed by atoms with Crippen LogP contribution in [0.2, 0.25) is 0 Å². The van der Waals surface area contributed by atoms with E-state index in [9.17, 15) is 18.0 Å². The van der Waals surface area contributed by atoms with E-state index < -0.39 is 11.7 Å². The largest absolute Gasteiger partial charge is 0.419 e. The van der Waals surface area contributed by atoms with Crippen LogP contribution in [-0.4, -0.2) is 60.8 Å². The summed E-state index contributed by atoms with van der Waals surface area (Å²) >= 11 is 0. The lowest BCUT2D eigenvalue weighted by Crippen LogP contribution is -2.43. The van der Waals surface area contributed by atoms with Crippen molar-refractivity contribution in [2.24, 2.45) is 0 Å². The SMILES string of the molecule is C=CC(=O)N1CCCCC1c1nccn2c(N3CCC[C@@H](Nc4ncc(C(F)(F)F)cn4)C3)ncc12. The van der Waals surface area contributed by atoms with Gasteiger partial charge >= 0.3 is 6.18 Å². The smallest absolute Gasteiger partial charge is 0.350 e. The molecule has 3 aromatic rings. The maximum Gasteiger partial charge on any atom is 0.419 e. The van der Waals surface area contributed by atoms with Gasteiger partial charge in [-0.15, -0.1) is 0 Å². The summed E-state index contributed by atoms with van der Waals surface area (Å²) in [5.41, 5.74) is 0.788. The molecule has 3 aromatic heterocycles. The molecule has 2 atom stereocenters. The summed E-state index contributed by atoms with van der Waals surface area (Å²) in [6.07, 6.45) is 8.34. The standard InChI is InChI=1S/C24H27F3N8O/c1-2-20(36)34-10-4-3-7-18(34)21-19-14-31-23(35(19)11-8-28-21)33-9-5-6-17(15-33)32-22-29-12-16(13-30-22)24(25,26)27/h2,8,11-14,17-18H,1,3-7,9-10,15H2,(H,29,30,32)/t17-,18?/m1/s1. The predicted octanol–water partition coefficient (Wildman–Crippen LogP) is 3.86. The van der Waals surface area contributed by atoms with E-state index in [1.165, 1.54) is 6.08 Å². The summed E-state index contributed by atoms with van der Waals surface area (Å²) in [5.74, 6) is 0.822. The van der Waals surface area contributed by atoms with Crippen molar-refractivity contribution < 1.29 is 18.0 Å². The molecule has 9 nitrogen and oxygen atoms in total. The van der Waals surface area contributed by atoms with Gasteiger partial charge in [-0.1, -0.05) is 6.58 Å². The average molecular weight is 501 g/mol. The van der Waals surface area contributed by atoms with Crippen LogP contribution in [0.1, 0.15) is 49.4 Å². The lowest BCUT2D eigenvalue weighted by molar-refractivity contribution is -0.138. The highest BCUT2D eigenvalue weighted by Gasteiger charge is 2.32. The molecule has 0 aromatic carbocycles. The van der Waals surface area contributed by atoms with E-state index in [1.807, 2.05) is 15.5 Å². The minimum absolute atomic E-state index is 0.0526. The van der Waals surface area contributed by atoms with Crippen LogP contribution in [0.5, 0.6) is 0 Å². The summed E-state index contributed by atoms with van der Waals surface area (Å²) < 4.78 is 40.4. The van der Waals surface area contributed by atoms with E-state index in [0.717, 1.165) is 68.2 Å². The second-order valence-electron chi connectivity index (χ2n) is 9.10. The monoisotopic (exact) mass is 500 g/mol. The van der Waals surface area contributed by atoms with Crippen molar-refractivity contribution in [3.8, 4) is 0 Å². The van der Waals surface area contributed by atoms with Gasteiger partial charge < -0.3 is 15.1 Å². The number of rotatable bonds is 5. The number of hydrogen-bond donors (Lipinski definition) is 1. The third-order valence-corrected chi connectivity index (χ3v) is 6.76. The van der Waals surface area contributed by atoms with Crippen molar-refractivity contribution in [3.63, 3.8) is 0 Å². The van der Waals surface area contributed by atoms with Gasteiger partial charge in [-0.25, -0.2) is 15.0 Å². The summed E-state index contributed by atoms with van der Waals surface area (Å²) in [7, 11) is 0. The van der Waals surface area contributed by atoms with Gasteiger partial charge in [-0.2, -0.15) is 13.2 Å². The Balaban J connectivity index is 1.35. The molecule has 1 unspecified atom stereocenters. The predicted molar refractivity (Wildman–Crippen MR) is 127 cm³/mol. The molecule has 5 heterocycles. The highest BCUT2D eigenvalue weighted by atomic mass is 19.4. The highest BCUT2D eigenvalue weighted by molar-refractivity contribution is 5.87. The Kier molecular flexibility index (Phi) is 6.50. The minimum Gasteiger partial charge on any atom is -0.350 e. The van der Waals surface area contributed by atoms with E-state index in [-0.39, 0.29) is 23.9 Å². The first-order chi connectivity index (χ1) is 17.3. The molecule has 0 saturated carbocycles. The van der Waals surface area contributed by atoms with E-state index in [1.54, 1.807) is 12.4 Å². The number of anilines is 2. The number of imidazole rings is 1. The van der Waals surface area contributed by atoms with E-state index in [4.69, 9.17) is 0 Å². The molecule has 0 aliphatic carbocycles. The summed E-state index contributed by atoms with van der Waals surface area (Å²) in [6.45, 7) is 5.69. The van der Waals surface area contributed by atoms with Gasteiger partial charge in [0.1, 0.15) is 0 Å². The Morgan fingerprint density at radius 3 is 2.61 bits per heavy atom. The molecule has 1 amide bonds. The zero-order chi connectivity index (χ0) is 25.3. The highest BCUT2D eigenvalue weighted by Crippen LogP contribution is 2.34. The van der Waals surface area contributed by atoms with Crippen molar-refractivity contribution in [1.82, 2.24) is 29.2 Å². The molecule has 0 radical (unpaired) electrons. The number of halogens is 3. The number of likely N-dealkylation sites (tertiary alicyclic amines) is 1. The van der Waals surface area contributed by atoms with Gasteiger partial charge in [0.15, 0.2) is 0 Å². The number of nitrogens with zero attached hydrogens (tertiary/aromatic N) is 7. The molecule has 0 spiro atoms. The molecule has 2 aliphatic rings. The molecule has 2 aliphatic heterocycles. The first-order valence-electron chi connectivity index (χ1n) is 12.0. The van der Waals surface area contributed by atoms with E-state index in [0.29, 0.717) is 13.1 Å². The molecular weight excluding hydrogens is 473 g/mol. The quantitative estimate of drug-likeness (QED) is 0.532. The molecule has 1 N–H and O–H groups in total. The molecule has 2 fully saturated rings. The zero-order valence-corrected chi connectivity index (χ0v) is 19.7. The van der Waals surface area contributed by atoms with Crippen molar-refractivity contribution in [1.29, 1.82) is 0 Å². The number of nitrogens with one attached hydrogen (secondary N) is 1. The number of hydrogen-bond acceptors (Lipinski definition) is 7. The van der Waals surface area contributed by atoms with Gasteiger partial charge in [0, 0.05) is 50.5 Å². The molecular formula is C24H27F3N8O. The fraction of sp³-hybridized carbons (Fsp3) is 0.458. The molecule has 190 valence electrons. The van der Waals surface area contributed by atoms with Crippen molar-refractivity contribution in [2.75, 3.05) is 29.9 Å². The van der Waals surface area contributed by atoms with Crippen molar-refractivity contribution in [2.45, 2.75) is 50.4 Å². The Morgan fingerprint density at radius 1 is 1.06 bits per heavy atom. The van der Waals surface area contributed by atoms with Crippen LogP contribution in [-0.2, 0) is 11.0 Å². The average Bonchev–Trinajstić information content (AvgIpc) is 3.33. The van der Waals surface area contributed by atoms with Gasteiger partial charge in [0.25, 0.3) is 0 Å². The molecule has 0 bridgehead atoms. The van der Waals surface area contributed by atoms with Crippen LogP contribution in [0, 0.1) is 0 Å². The number of carbonyl (C=O) groups is 1. The van der Waals surface area contributed by atoms with Gasteiger partial charge in [-0.05, 0) is 38.2 Å². The van der Waals surface area contributed by atoms with Crippen molar-refractivity contribution >= 4 is 23.3 Å². The minimum atomic E-state index is -4.47. The molecule has 2 saturated heterocycles. The fourth-order valence-electron chi connectivity index (χ4n) is 5.03. The third kappa shape index (κ3) is 4.71. The van der Waals surface area contributed by atoms with Crippen LogP contribution >= 0.6 is 0 Å². The Hall–Kier alpha value is -3.70. The number of alkyl halides is 3. The fourth-order valence-corrected chi connectivity index (χ4v) is 5.03. The lowest BCUT2D eigenvalue weighted by Gasteiger charge is -2.35. The van der Waals surface area contributed by atoms with Gasteiger partial charge in [0.05, 0.1) is 29.0 Å². The van der Waals surface area contributed by atoms with Crippen LogP contribution in [0.15, 0.2) is 43.6 Å². The molecule has 12 heteroatoms. The van der Waals surface area contributed by atoms with E-state index in [2.05, 4.69) is 36.7 Å². The maximum absolute atomic E-state index is 12.8. The summed E-state index contributed by atoms with van der Waals surface area (Å²) in [4.78, 5) is 33.4. The van der Waals surface area contributed by atoms with Gasteiger partial charge in [-0.3, -0.25) is 14.2 Å². The lowest BCUT2D eigenvalue weighted by atomic mass is 9.98. The number of amides is 1. The number of piperidine rings is 2. The summed E-state index contributed by atoms with van der Waals surface area (Å²) in [6, 6.07) is -0.187. The first-order valence-corrected chi connectivity index (χ1v) is 12.0. The van der Waals surface area contributed by atoms with Crippen LogP contribution in [0.4, 0.5) is 25.1 Å². The Morgan fingerprint density at radius 2 is 1.86 bits per heavy atom. The maximum atomic E-state index is 12.8. The van der Waals surface area contributed by atoms with Crippen LogP contribution in [0.3, 0.4) is 0 Å². The Labute approximate surface area is 206 Å². The number of fused-ring (bicyclic) bond motifs is 1. The first kappa shape index (κ1) is 24.0. The number of aromatic nitrogens is 5.